The highest BCUT2D eigenvalue weighted by atomic mass is 19.1. The number of hydrogen-bond donors (Lipinski definition) is 2. The van der Waals surface area contributed by atoms with Crippen LogP contribution in [0.5, 0.6) is 5.75 Å². The van der Waals surface area contributed by atoms with Gasteiger partial charge in [0.1, 0.15) is 11.6 Å². The largest absolute Gasteiger partial charge is 0.487 e. The van der Waals surface area contributed by atoms with Crippen LogP contribution < -0.4 is 15.8 Å². The van der Waals surface area contributed by atoms with Gasteiger partial charge in [-0.3, -0.25) is 9.36 Å². The topological polar surface area (TPSA) is 95.1 Å². The number of hydrogen-bond acceptors (Lipinski definition) is 5. The fourth-order valence-electron chi connectivity index (χ4n) is 3.98. The van der Waals surface area contributed by atoms with Crippen LogP contribution in [0.3, 0.4) is 0 Å². The quantitative estimate of drug-likeness (QED) is 0.499. The molecule has 0 radical (unpaired) electrons. The van der Waals surface area contributed by atoms with Gasteiger partial charge in [0.2, 0.25) is 11.9 Å². The number of anilines is 1. The van der Waals surface area contributed by atoms with Crippen molar-refractivity contribution in [2.24, 2.45) is 5.73 Å². The Kier molecular flexibility index (Phi) is 4.73. The highest BCUT2D eigenvalue weighted by molar-refractivity contribution is 6.06. The monoisotopic (exact) mass is 435 g/mol. The molecule has 0 fully saturated rings. The molecule has 9 heteroatoms. The molecule has 2 aromatic carbocycles. The molecule has 4 aromatic rings. The Hall–Kier alpha value is -4.01. The molecule has 0 atom stereocenters. The van der Waals surface area contributed by atoms with Crippen LogP contribution in [0.4, 0.5) is 14.6 Å². The van der Waals surface area contributed by atoms with E-state index in [0.717, 1.165) is 11.6 Å². The first kappa shape index (κ1) is 19.9. The molecule has 1 aliphatic rings. The fraction of sp³-hybridized carbons (Fsp3) is 0.174. The number of rotatable bonds is 5. The van der Waals surface area contributed by atoms with E-state index in [1.54, 1.807) is 22.8 Å². The number of amides is 1. The molecule has 5 rings (SSSR count). The van der Waals surface area contributed by atoms with Crippen molar-refractivity contribution in [3.63, 3.8) is 0 Å². The zero-order valence-electron chi connectivity index (χ0n) is 17.2. The first-order valence-corrected chi connectivity index (χ1v) is 10.0. The molecule has 32 heavy (non-hydrogen) atoms. The summed E-state index contributed by atoms with van der Waals surface area (Å²) in [6.07, 6.45) is 0.596. The van der Waals surface area contributed by atoms with Gasteiger partial charge in [0.15, 0.2) is 11.6 Å². The number of nitrogens with one attached hydrogen (secondary N) is 1. The van der Waals surface area contributed by atoms with E-state index >= 15 is 0 Å². The zero-order valence-corrected chi connectivity index (χ0v) is 17.2. The van der Waals surface area contributed by atoms with Crippen molar-refractivity contribution in [2.75, 3.05) is 11.9 Å². The van der Waals surface area contributed by atoms with Crippen molar-refractivity contribution in [3.8, 4) is 11.7 Å². The van der Waals surface area contributed by atoms with Gasteiger partial charge < -0.3 is 15.8 Å². The lowest BCUT2D eigenvalue weighted by atomic mass is 10.1. The molecule has 0 unspecified atom stereocenters. The van der Waals surface area contributed by atoms with Gasteiger partial charge in [0, 0.05) is 24.0 Å². The molecule has 0 saturated carbocycles. The maximum Gasteiger partial charge on any atom is 0.249 e. The Morgan fingerprint density at radius 2 is 2.03 bits per heavy atom. The number of aromatic nitrogens is 3. The Morgan fingerprint density at radius 3 is 2.81 bits per heavy atom. The third kappa shape index (κ3) is 3.41. The molecule has 0 aliphatic carbocycles. The van der Waals surface area contributed by atoms with E-state index in [9.17, 15) is 13.6 Å². The summed E-state index contributed by atoms with van der Waals surface area (Å²) in [4.78, 5) is 21.1. The number of aryl methyl sites for hydroxylation is 1. The van der Waals surface area contributed by atoms with Gasteiger partial charge >= 0.3 is 0 Å². The fourth-order valence-corrected chi connectivity index (χ4v) is 3.98. The smallest absolute Gasteiger partial charge is 0.249 e. The Morgan fingerprint density at radius 1 is 1.19 bits per heavy atom. The molecule has 1 amide bonds. The Balaban J connectivity index is 1.62. The number of halogens is 2. The maximum atomic E-state index is 14.3. The van der Waals surface area contributed by atoms with Crippen LogP contribution in [0, 0.1) is 18.6 Å². The number of carbonyl (C=O) groups is 1. The van der Waals surface area contributed by atoms with Crippen molar-refractivity contribution >= 4 is 22.6 Å². The summed E-state index contributed by atoms with van der Waals surface area (Å²) in [5.74, 6) is -0.310. The van der Waals surface area contributed by atoms with Crippen LogP contribution in [0.15, 0.2) is 42.5 Å². The van der Waals surface area contributed by atoms with Gasteiger partial charge in [-0.1, -0.05) is 12.1 Å². The van der Waals surface area contributed by atoms with Crippen molar-refractivity contribution in [2.45, 2.75) is 19.9 Å². The number of carbonyl (C=O) groups excluding carboxylic acids is 1. The third-order valence-corrected chi connectivity index (χ3v) is 5.39. The predicted octanol–water partition coefficient (Wildman–Crippen LogP) is 3.65. The van der Waals surface area contributed by atoms with Crippen LogP contribution in [0.2, 0.25) is 0 Å². The molecule has 3 N–H and O–H groups in total. The first-order valence-electron chi connectivity index (χ1n) is 10.0. The van der Waals surface area contributed by atoms with Crippen LogP contribution in [0.25, 0.3) is 16.9 Å². The van der Waals surface area contributed by atoms with Crippen molar-refractivity contribution in [3.05, 3.63) is 76.6 Å². The van der Waals surface area contributed by atoms with Crippen molar-refractivity contribution < 1.29 is 18.3 Å². The van der Waals surface area contributed by atoms with Gasteiger partial charge in [0.05, 0.1) is 23.4 Å². The first-order chi connectivity index (χ1) is 15.4. The summed E-state index contributed by atoms with van der Waals surface area (Å²) in [5.41, 5.74) is 8.15. The van der Waals surface area contributed by atoms with E-state index in [4.69, 9.17) is 10.5 Å². The molecule has 0 bridgehead atoms. The molecule has 3 heterocycles. The van der Waals surface area contributed by atoms with Crippen LogP contribution >= 0.6 is 0 Å². The highest BCUT2D eigenvalue weighted by Crippen LogP contribution is 2.34. The van der Waals surface area contributed by atoms with Gasteiger partial charge in [-0.2, -0.15) is 4.98 Å². The second-order valence-electron chi connectivity index (χ2n) is 7.60. The van der Waals surface area contributed by atoms with Crippen molar-refractivity contribution in [1.29, 1.82) is 0 Å². The summed E-state index contributed by atoms with van der Waals surface area (Å²) in [5, 5.41) is 3.71. The minimum Gasteiger partial charge on any atom is -0.487 e. The SMILES string of the molecule is Cc1cc2c(C(N)=O)cc(F)cc2n1-c1nc2c(c(NCc3cccc(F)c3)n1)OCC2. The van der Waals surface area contributed by atoms with Gasteiger partial charge in [0.25, 0.3) is 0 Å². The molecular formula is C23H19F2N5O2. The molecule has 1 aliphatic heterocycles. The number of primary amides is 1. The van der Waals surface area contributed by atoms with E-state index in [-0.39, 0.29) is 11.4 Å². The lowest BCUT2D eigenvalue weighted by Crippen LogP contribution is -2.12. The maximum absolute atomic E-state index is 14.3. The van der Waals surface area contributed by atoms with E-state index in [2.05, 4.69) is 15.3 Å². The average Bonchev–Trinajstić information content (AvgIpc) is 3.34. The molecule has 2 aromatic heterocycles. The number of ether oxygens (including phenoxy) is 1. The summed E-state index contributed by atoms with van der Waals surface area (Å²) in [6.45, 7) is 2.61. The average molecular weight is 435 g/mol. The Labute approximate surface area is 181 Å². The standard InChI is InChI=1S/C23H19F2N5O2/c1-12-7-16-17(21(26)31)9-15(25)10-19(16)30(12)23-28-18-5-6-32-20(18)22(29-23)27-11-13-3-2-4-14(24)8-13/h2-4,7-10H,5-6,11H2,1H3,(H2,26,31)(H,27,28,29). The lowest BCUT2D eigenvalue weighted by Gasteiger charge is -2.14. The molecular weight excluding hydrogens is 416 g/mol. The third-order valence-electron chi connectivity index (χ3n) is 5.39. The zero-order chi connectivity index (χ0) is 22.4. The van der Waals surface area contributed by atoms with E-state index in [1.807, 2.05) is 6.92 Å². The summed E-state index contributed by atoms with van der Waals surface area (Å²) in [6, 6.07) is 10.5. The summed E-state index contributed by atoms with van der Waals surface area (Å²) in [7, 11) is 0. The number of fused-ring (bicyclic) bond motifs is 2. The molecule has 0 spiro atoms. The van der Waals surface area contributed by atoms with Gasteiger partial charge in [-0.25, -0.2) is 13.8 Å². The van der Waals surface area contributed by atoms with Gasteiger partial charge in [-0.05, 0) is 42.8 Å². The minimum atomic E-state index is -0.715. The van der Waals surface area contributed by atoms with Crippen LogP contribution in [0.1, 0.15) is 27.3 Å². The summed E-state index contributed by atoms with van der Waals surface area (Å²) < 4.78 is 35.2. The second kappa shape index (κ2) is 7.60. The predicted molar refractivity (Wildman–Crippen MR) is 115 cm³/mol. The number of nitrogens with zero attached hydrogens (tertiary/aromatic N) is 3. The number of nitrogens with two attached hydrogens (primary N) is 1. The van der Waals surface area contributed by atoms with Gasteiger partial charge in [-0.15, -0.1) is 0 Å². The van der Waals surface area contributed by atoms with E-state index in [1.165, 1.54) is 18.2 Å². The van der Waals surface area contributed by atoms with Crippen LogP contribution in [-0.4, -0.2) is 27.0 Å². The van der Waals surface area contributed by atoms with Crippen molar-refractivity contribution in [1.82, 2.24) is 14.5 Å². The normalized spacial score (nSPS) is 12.6. The lowest BCUT2D eigenvalue weighted by molar-refractivity contribution is 0.100. The number of benzene rings is 2. The molecule has 162 valence electrons. The Bertz CT molecular complexity index is 1380. The molecule has 0 saturated heterocycles. The highest BCUT2D eigenvalue weighted by Gasteiger charge is 2.24. The van der Waals surface area contributed by atoms with E-state index < -0.39 is 11.7 Å². The molecule has 7 nitrogen and oxygen atoms in total. The minimum absolute atomic E-state index is 0.0933. The van der Waals surface area contributed by atoms with Crippen LogP contribution in [-0.2, 0) is 13.0 Å². The second-order valence-corrected chi connectivity index (χ2v) is 7.60. The summed E-state index contributed by atoms with van der Waals surface area (Å²) >= 11 is 0. The van der Waals surface area contributed by atoms with E-state index in [0.29, 0.717) is 59.4 Å².